The molecule has 24 heavy (non-hydrogen) atoms. The SMILES string of the molecule is COC(=O)CCC1CCCC(N(C)C(=O)OCc2ccccc2)C1. The summed E-state index contributed by atoms with van der Waals surface area (Å²) in [6.07, 6.45) is 5.11. The molecule has 1 aromatic carbocycles. The number of nitrogens with zero attached hydrogens (tertiary/aromatic N) is 1. The second-order valence-corrected chi connectivity index (χ2v) is 6.45. The van der Waals surface area contributed by atoms with Crippen molar-refractivity contribution in [3.05, 3.63) is 35.9 Å². The van der Waals surface area contributed by atoms with E-state index in [-0.39, 0.29) is 18.1 Å². The maximum absolute atomic E-state index is 12.3. The lowest BCUT2D eigenvalue weighted by molar-refractivity contribution is -0.141. The van der Waals surface area contributed by atoms with Gasteiger partial charge in [0.2, 0.25) is 0 Å². The number of hydrogen-bond donors (Lipinski definition) is 0. The van der Waals surface area contributed by atoms with E-state index in [1.54, 1.807) is 11.9 Å². The molecule has 1 amide bonds. The third-order valence-electron chi connectivity index (χ3n) is 4.78. The number of benzene rings is 1. The minimum Gasteiger partial charge on any atom is -0.469 e. The Morgan fingerprint density at radius 1 is 1.21 bits per heavy atom. The molecule has 0 aliphatic heterocycles. The van der Waals surface area contributed by atoms with Gasteiger partial charge in [0.05, 0.1) is 7.11 Å². The molecule has 0 bridgehead atoms. The van der Waals surface area contributed by atoms with E-state index >= 15 is 0 Å². The zero-order chi connectivity index (χ0) is 17.4. The Balaban J connectivity index is 1.78. The summed E-state index contributed by atoms with van der Waals surface area (Å²) >= 11 is 0. The van der Waals surface area contributed by atoms with E-state index in [2.05, 4.69) is 0 Å². The van der Waals surface area contributed by atoms with Crippen molar-refractivity contribution in [1.82, 2.24) is 4.90 Å². The Bertz CT molecular complexity index is 531. The molecule has 5 heteroatoms. The van der Waals surface area contributed by atoms with Crippen LogP contribution in [0.15, 0.2) is 30.3 Å². The normalized spacial score (nSPS) is 20.2. The fourth-order valence-corrected chi connectivity index (χ4v) is 3.27. The lowest BCUT2D eigenvalue weighted by atomic mass is 9.82. The number of rotatable bonds is 6. The number of hydrogen-bond acceptors (Lipinski definition) is 4. The molecule has 0 heterocycles. The van der Waals surface area contributed by atoms with Gasteiger partial charge in [-0.15, -0.1) is 0 Å². The maximum Gasteiger partial charge on any atom is 0.410 e. The largest absolute Gasteiger partial charge is 0.469 e. The summed E-state index contributed by atoms with van der Waals surface area (Å²) < 4.78 is 10.1. The fraction of sp³-hybridized carbons (Fsp3) is 0.579. The standard InChI is InChI=1S/C19H27NO4/c1-20(19(22)24-14-16-7-4-3-5-8-16)17-10-6-9-15(13-17)11-12-18(21)23-2/h3-5,7-8,15,17H,6,9-14H2,1-2H3. The predicted molar refractivity (Wildman–Crippen MR) is 91.4 cm³/mol. The molecule has 1 saturated carbocycles. The quantitative estimate of drug-likeness (QED) is 0.744. The lowest BCUT2D eigenvalue weighted by Crippen LogP contribution is -2.40. The zero-order valence-electron chi connectivity index (χ0n) is 14.6. The summed E-state index contributed by atoms with van der Waals surface area (Å²) in [6, 6.07) is 9.87. The molecule has 132 valence electrons. The molecule has 1 aliphatic rings. The second kappa shape index (κ2) is 9.30. The summed E-state index contributed by atoms with van der Waals surface area (Å²) in [4.78, 5) is 25.3. The van der Waals surface area contributed by atoms with Crippen LogP contribution in [0.2, 0.25) is 0 Å². The highest BCUT2D eigenvalue weighted by atomic mass is 16.6. The smallest absolute Gasteiger partial charge is 0.410 e. The van der Waals surface area contributed by atoms with E-state index in [0.717, 1.165) is 37.7 Å². The Kier molecular flexibility index (Phi) is 7.09. The van der Waals surface area contributed by atoms with Gasteiger partial charge in [0.15, 0.2) is 0 Å². The predicted octanol–water partition coefficient (Wildman–Crippen LogP) is 3.77. The van der Waals surface area contributed by atoms with E-state index in [1.807, 2.05) is 30.3 Å². The van der Waals surface area contributed by atoms with Crippen LogP contribution in [0, 0.1) is 5.92 Å². The van der Waals surface area contributed by atoms with Gasteiger partial charge in [-0.25, -0.2) is 4.79 Å². The van der Waals surface area contributed by atoms with Crippen LogP contribution in [0.4, 0.5) is 4.79 Å². The van der Waals surface area contributed by atoms with Crippen LogP contribution in [0.1, 0.15) is 44.1 Å². The highest BCUT2D eigenvalue weighted by Gasteiger charge is 2.28. The van der Waals surface area contributed by atoms with Crippen LogP contribution in [0.3, 0.4) is 0 Å². The van der Waals surface area contributed by atoms with Crippen LogP contribution in [0.25, 0.3) is 0 Å². The summed E-state index contributed by atoms with van der Waals surface area (Å²) in [7, 11) is 3.23. The van der Waals surface area contributed by atoms with Crippen molar-refractivity contribution < 1.29 is 19.1 Å². The first-order chi connectivity index (χ1) is 11.6. The molecule has 1 fully saturated rings. The van der Waals surface area contributed by atoms with Crippen molar-refractivity contribution in [3.63, 3.8) is 0 Å². The van der Waals surface area contributed by atoms with Crippen LogP contribution >= 0.6 is 0 Å². The number of amides is 1. The summed E-state index contributed by atoms with van der Waals surface area (Å²) in [5.74, 6) is 0.306. The maximum atomic E-state index is 12.3. The highest BCUT2D eigenvalue weighted by molar-refractivity contribution is 5.69. The topological polar surface area (TPSA) is 55.8 Å². The Morgan fingerprint density at radius 3 is 2.67 bits per heavy atom. The summed E-state index contributed by atoms with van der Waals surface area (Å²) in [5, 5.41) is 0. The zero-order valence-corrected chi connectivity index (χ0v) is 14.6. The number of carbonyl (C=O) groups excluding carboxylic acids is 2. The highest BCUT2D eigenvalue weighted by Crippen LogP contribution is 2.30. The Labute approximate surface area is 143 Å². The molecule has 2 atom stereocenters. The van der Waals surface area contributed by atoms with Crippen molar-refractivity contribution in [2.24, 2.45) is 5.92 Å². The van der Waals surface area contributed by atoms with E-state index in [9.17, 15) is 9.59 Å². The average Bonchev–Trinajstić information content (AvgIpc) is 2.64. The van der Waals surface area contributed by atoms with Gasteiger partial charge in [-0.2, -0.15) is 0 Å². The number of ether oxygens (including phenoxy) is 2. The Hall–Kier alpha value is -2.04. The van der Waals surface area contributed by atoms with Crippen LogP contribution in [0.5, 0.6) is 0 Å². The van der Waals surface area contributed by atoms with Gasteiger partial charge in [-0.05, 0) is 30.7 Å². The molecule has 0 radical (unpaired) electrons. The van der Waals surface area contributed by atoms with Gasteiger partial charge in [-0.3, -0.25) is 4.79 Å². The summed E-state index contributed by atoms with van der Waals surface area (Å²) in [6.45, 7) is 0.294. The Morgan fingerprint density at radius 2 is 1.96 bits per heavy atom. The molecule has 0 spiro atoms. The van der Waals surface area contributed by atoms with Crippen molar-refractivity contribution in [2.75, 3.05) is 14.2 Å². The minimum atomic E-state index is -0.280. The molecular weight excluding hydrogens is 306 g/mol. The molecule has 0 N–H and O–H groups in total. The first-order valence-corrected chi connectivity index (χ1v) is 8.60. The molecule has 2 unspecified atom stereocenters. The molecule has 0 aromatic heterocycles. The first-order valence-electron chi connectivity index (χ1n) is 8.60. The molecule has 5 nitrogen and oxygen atoms in total. The number of esters is 1. The van der Waals surface area contributed by atoms with Gasteiger partial charge in [-0.1, -0.05) is 43.2 Å². The van der Waals surface area contributed by atoms with Gasteiger partial charge < -0.3 is 14.4 Å². The molecule has 1 aromatic rings. The summed E-state index contributed by atoms with van der Waals surface area (Å²) in [5.41, 5.74) is 0.985. The number of methoxy groups -OCH3 is 1. The van der Waals surface area contributed by atoms with Gasteiger partial charge in [0, 0.05) is 19.5 Å². The van der Waals surface area contributed by atoms with Crippen LogP contribution in [-0.2, 0) is 20.9 Å². The lowest BCUT2D eigenvalue weighted by Gasteiger charge is -2.34. The monoisotopic (exact) mass is 333 g/mol. The molecule has 1 aliphatic carbocycles. The third kappa shape index (κ3) is 5.55. The van der Waals surface area contributed by atoms with Gasteiger partial charge in [0.1, 0.15) is 6.61 Å². The van der Waals surface area contributed by atoms with Crippen molar-refractivity contribution >= 4 is 12.1 Å². The van der Waals surface area contributed by atoms with Crippen molar-refractivity contribution in [3.8, 4) is 0 Å². The van der Waals surface area contributed by atoms with Crippen LogP contribution < -0.4 is 0 Å². The minimum absolute atomic E-state index is 0.159. The average molecular weight is 333 g/mol. The van der Waals surface area contributed by atoms with E-state index in [1.165, 1.54) is 7.11 Å². The molecule has 0 saturated heterocycles. The van der Waals surface area contributed by atoms with Crippen LogP contribution in [-0.4, -0.2) is 37.2 Å². The molecular formula is C19H27NO4. The first kappa shape index (κ1) is 18.3. The van der Waals surface area contributed by atoms with Gasteiger partial charge >= 0.3 is 12.1 Å². The second-order valence-electron chi connectivity index (χ2n) is 6.45. The van der Waals surface area contributed by atoms with Gasteiger partial charge in [0.25, 0.3) is 0 Å². The molecule has 2 rings (SSSR count). The van der Waals surface area contributed by atoms with Crippen molar-refractivity contribution in [2.45, 2.75) is 51.2 Å². The van der Waals surface area contributed by atoms with E-state index in [0.29, 0.717) is 18.9 Å². The number of carbonyl (C=O) groups is 2. The van der Waals surface area contributed by atoms with E-state index in [4.69, 9.17) is 9.47 Å². The fourth-order valence-electron chi connectivity index (χ4n) is 3.27. The van der Waals surface area contributed by atoms with E-state index < -0.39 is 0 Å². The van der Waals surface area contributed by atoms with Crippen molar-refractivity contribution in [1.29, 1.82) is 0 Å². The third-order valence-corrected chi connectivity index (χ3v) is 4.78.